The van der Waals surface area contributed by atoms with Gasteiger partial charge in [0.05, 0.1) is 18.5 Å². The summed E-state index contributed by atoms with van der Waals surface area (Å²) in [6.45, 7) is 1.07. The number of fused-ring (bicyclic) bond motifs is 1. The molecular weight excluding hydrogens is 250 g/mol. The number of nitrogens with zero attached hydrogens (tertiary/aromatic N) is 3. The molecule has 1 saturated heterocycles. The Kier molecular flexibility index (Phi) is 2.93. The predicted octanol–water partition coefficient (Wildman–Crippen LogP) is 1.01. The van der Waals surface area contributed by atoms with Crippen LogP contribution < -0.4 is 4.90 Å². The third-order valence-electron chi connectivity index (χ3n) is 3.39. The second-order valence-corrected chi connectivity index (χ2v) is 5.64. The van der Waals surface area contributed by atoms with E-state index in [0.29, 0.717) is 13.0 Å². The van der Waals surface area contributed by atoms with Crippen LogP contribution in [0.2, 0.25) is 0 Å². The molecular formula is C12H15N3O2S. The Bertz CT molecular complexity index is 559. The first-order valence-electron chi connectivity index (χ1n) is 5.98. The Balaban J connectivity index is 1.97. The molecule has 0 radical (unpaired) electrons. The maximum absolute atomic E-state index is 10.2. The molecule has 1 unspecified atom stereocenters. The third kappa shape index (κ3) is 1.96. The zero-order valence-electron chi connectivity index (χ0n) is 9.91. The summed E-state index contributed by atoms with van der Waals surface area (Å²) >= 11 is 1.58. The van der Waals surface area contributed by atoms with Crippen LogP contribution in [-0.4, -0.2) is 45.5 Å². The van der Waals surface area contributed by atoms with Crippen molar-refractivity contribution >= 4 is 27.4 Å². The van der Waals surface area contributed by atoms with E-state index in [-0.39, 0.29) is 6.61 Å². The summed E-state index contributed by atoms with van der Waals surface area (Å²) in [5.41, 5.74) is -1.01. The summed E-state index contributed by atoms with van der Waals surface area (Å²) in [6, 6.07) is 2.00. The molecule has 1 aliphatic heterocycles. The fraction of sp³-hybridized carbons (Fsp3) is 0.500. The average molecular weight is 265 g/mol. The number of anilines is 1. The molecule has 96 valence electrons. The lowest BCUT2D eigenvalue weighted by atomic mass is 9.94. The van der Waals surface area contributed by atoms with E-state index in [9.17, 15) is 10.2 Å². The molecule has 2 N–H and O–H groups in total. The molecule has 3 heterocycles. The summed E-state index contributed by atoms with van der Waals surface area (Å²) in [5, 5.41) is 22.5. The highest BCUT2D eigenvalue weighted by atomic mass is 32.1. The molecule has 0 spiro atoms. The van der Waals surface area contributed by atoms with Gasteiger partial charge in [0, 0.05) is 6.54 Å². The summed E-state index contributed by atoms with van der Waals surface area (Å²) in [5.74, 6) is 0.854. The van der Waals surface area contributed by atoms with Gasteiger partial charge >= 0.3 is 0 Å². The molecule has 2 aromatic heterocycles. The molecule has 0 amide bonds. The SMILES string of the molecule is OCC1(O)CCCN(c2ncnc3sccc23)C1. The highest BCUT2D eigenvalue weighted by Gasteiger charge is 2.33. The third-order valence-corrected chi connectivity index (χ3v) is 4.21. The molecule has 5 nitrogen and oxygen atoms in total. The predicted molar refractivity (Wildman–Crippen MR) is 70.9 cm³/mol. The standard InChI is InChI=1S/C12H15N3O2S/c16-7-12(17)3-1-4-15(6-12)10-9-2-5-18-11(9)14-8-13-10/h2,5,8,16-17H,1,3-4,6-7H2. The first-order chi connectivity index (χ1) is 8.72. The van der Waals surface area contributed by atoms with Crippen LogP contribution in [0.4, 0.5) is 5.82 Å². The van der Waals surface area contributed by atoms with Crippen molar-refractivity contribution in [2.45, 2.75) is 18.4 Å². The van der Waals surface area contributed by atoms with E-state index in [4.69, 9.17) is 0 Å². The molecule has 0 saturated carbocycles. The fourth-order valence-electron chi connectivity index (χ4n) is 2.45. The molecule has 0 aliphatic carbocycles. The number of piperidine rings is 1. The van der Waals surface area contributed by atoms with Crippen LogP contribution in [0, 0.1) is 0 Å². The molecule has 1 aliphatic rings. The molecule has 18 heavy (non-hydrogen) atoms. The first-order valence-corrected chi connectivity index (χ1v) is 6.86. The topological polar surface area (TPSA) is 69.5 Å². The van der Waals surface area contributed by atoms with Gasteiger partial charge in [-0.3, -0.25) is 0 Å². The number of aliphatic hydroxyl groups is 2. The van der Waals surface area contributed by atoms with Crippen LogP contribution in [0.25, 0.3) is 10.2 Å². The van der Waals surface area contributed by atoms with E-state index >= 15 is 0 Å². The maximum Gasteiger partial charge on any atom is 0.140 e. The molecule has 0 aromatic carbocycles. The van der Waals surface area contributed by atoms with Gasteiger partial charge in [0.1, 0.15) is 22.6 Å². The Morgan fingerprint density at radius 3 is 3.17 bits per heavy atom. The van der Waals surface area contributed by atoms with Crippen LogP contribution in [0.15, 0.2) is 17.8 Å². The van der Waals surface area contributed by atoms with E-state index in [1.807, 2.05) is 16.3 Å². The summed E-state index contributed by atoms with van der Waals surface area (Å²) < 4.78 is 0. The van der Waals surface area contributed by atoms with Gasteiger partial charge < -0.3 is 15.1 Å². The largest absolute Gasteiger partial charge is 0.393 e. The van der Waals surface area contributed by atoms with E-state index in [1.165, 1.54) is 0 Å². The minimum atomic E-state index is -1.01. The molecule has 2 aromatic rings. The van der Waals surface area contributed by atoms with E-state index in [2.05, 4.69) is 9.97 Å². The smallest absolute Gasteiger partial charge is 0.140 e. The van der Waals surface area contributed by atoms with E-state index in [0.717, 1.165) is 29.0 Å². The summed E-state index contributed by atoms with van der Waals surface area (Å²) in [4.78, 5) is 11.5. The van der Waals surface area contributed by atoms with Crippen molar-refractivity contribution in [2.24, 2.45) is 0 Å². The zero-order valence-corrected chi connectivity index (χ0v) is 10.7. The maximum atomic E-state index is 10.2. The van der Waals surface area contributed by atoms with Crippen LogP contribution in [0.1, 0.15) is 12.8 Å². The molecule has 1 atom stereocenters. The van der Waals surface area contributed by atoms with Gasteiger partial charge in [0.25, 0.3) is 0 Å². The number of hydrogen-bond acceptors (Lipinski definition) is 6. The lowest BCUT2D eigenvalue weighted by molar-refractivity contribution is -0.0242. The van der Waals surface area contributed by atoms with Crippen molar-refractivity contribution < 1.29 is 10.2 Å². The Hall–Kier alpha value is -1.24. The van der Waals surface area contributed by atoms with Gasteiger partial charge in [-0.1, -0.05) is 0 Å². The van der Waals surface area contributed by atoms with Crippen LogP contribution in [0.5, 0.6) is 0 Å². The second-order valence-electron chi connectivity index (χ2n) is 4.74. The number of β-amino-alcohol motifs (C(OH)–C–C–N with tert-alkyl or cyclic N) is 1. The Morgan fingerprint density at radius 2 is 2.33 bits per heavy atom. The first kappa shape index (κ1) is 11.8. The van der Waals surface area contributed by atoms with Crippen molar-refractivity contribution in [3.05, 3.63) is 17.8 Å². The van der Waals surface area contributed by atoms with Crippen molar-refractivity contribution in [2.75, 3.05) is 24.6 Å². The van der Waals surface area contributed by atoms with Gasteiger partial charge in [0.2, 0.25) is 0 Å². The quantitative estimate of drug-likeness (QED) is 0.848. The number of rotatable bonds is 2. The normalized spacial score (nSPS) is 24.7. The van der Waals surface area contributed by atoms with Crippen molar-refractivity contribution in [1.29, 1.82) is 0 Å². The van der Waals surface area contributed by atoms with Crippen molar-refractivity contribution in [3.8, 4) is 0 Å². The molecule has 0 bridgehead atoms. The Labute approximate surface area is 109 Å². The number of thiophene rings is 1. The zero-order chi connectivity index (χ0) is 12.6. The van der Waals surface area contributed by atoms with Crippen LogP contribution >= 0.6 is 11.3 Å². The van der Waals surface area contributed by atoms with Gasteiger partial charge in [-0.2, -0.15) is 0 Å². The second kappa shape index (κ2) is 4.46. The molecule has 3 rings (SSSR count). The summed E-state index contributed by atoms with van der Waals surface area (Å²) in [7, 11) is 0. The monoisotopic (exact) mass is 265 g/mol. The summed E-state index contributed by atoms with van der Waals surface area (Å²) in [6.07, 6.45) is 3.05. The van der Waals surface area contributed by atoms with E-state index < -0.39 is 5.60 Å². The molecule has 1 fully saturated rings. The lowest BCUT2D eigenvalue weighted by Gasteiger charge is -2.38. The highest BCUT2D eigenvalue weighted by molar-refractivity contribution is 7.16. The molecule has 6 heteroatoms. The highest BCUT2D eigenvalue weighted by Crippen LogP contribution is 2.30. The van der Waals surface area contributed by atoms with Gasteiger partial charge in [-0.05, 0) is 24.3 Å². The Morgan fingerprint density at radius 1 is 1.44 bits per heavy atom. The minimum absolute atomic E-state index is 0.207. The van der Waals surface area contributed by atoms with Crippen LogP contribution in [-0.2, 0) is 0 Å². The van der Waals surface area contributed by atoms with Gasteiger partial charge in [-0.15, -0.1) is 11.3 Å². The van der Waals surface area contributed by atoms with Gasteiger partial charge in [0.15, 0.2) is 0 Å². The minimum Gasteiger partial charge on any atom is -0.393 e. The van der Waals surface area contributed by atoms with E-state index in [1.54, 1.807) is 17.7 Å². The van der Waals surface area contributed by atoms with Gasteiger partial charge in [-0.25, -0.2) is 9.97 Å². The number of aromatic nitrogens is 2. The average Bonchev–Trinajstić information content (AvgIpc) is 2.87. The number of aliphatic hydroxyl groups excluding tert-OH is 1. The lowest BCUT2D eigenvalue weighted by Crippen LogP contribution is -2.50. The van der Waals surface area contributed by atoms with Crippen LogP contribution in [0.3, 0.4) is 0 Å². The van der Waals surface area contributed by atoms with Crippen molar-refractivity contribution in [1.82, 2.24) is 9.97 Å². The van der Waals surface area contributed by atoms with Crippen molar-refractivity contribution in [3.63, 3.8) is 0 Å². The fourth-order valence-corrected chi connectivity index (χ4v) is 3.18. The number of hydrogen-bond donors (Lipinski definition) is 2.